The van der Waals surface area contributed by atoms with Gasteiger partial charge in [-0.15, -0.1) is 0 Å². The Hall–Kier alpha value is -0.780. The lowest BCUT2D eigenvalue weighted by Crippen LogP contribution is -2.22. The van der Waals surface area contributed by atoms with E-state index in [4.69, 9.17) is 10.2 Å². The van der Waals surface area contributed by atoms with Crippen LogP contribution in [-0.2, 0) is 0 Å². The fraction of sp³-hybridized carbons (Fsp3) is 0.600. The molecule has 1 fully saturated rings. The lowest BCUT2D eigenvalue weighted by Gasteiger charge is -2.06. The van der Waals surface area contributed by atoms with Gasteiger partial charge >= 0.3 is 0 Å². The van der Waals surface area contributed by atoms with Gasteiger partial charge in [0.05, 0.1) is 6.54 Å². The van der Waals surface area contributed by atoms with E-state index in [1.54, 1.807) is 12.4 Å². The normalized spacial score (nSPS) is 35.2. The Morgan fingerprint density at radius 1 is 1.40 bits per heavy atom. The largest absolute Gasteiger partial charge is 0.352 e. The summed E-state index contributed by atoms with van der Waals surface area (Å²) in [6, 6.07) is 0. The van der Waals surface area contributed by atoms with E-state index in [2.05, 4.69) is 9.98 Å². The highest BCUT2D eigenvalue weighted by atomic mass is 16.6. The van der Waals surface area contributed by atoms with Crippen molar-refractivity contribution in [2.45, 2.75) is 12.2 Å². The van der Waals surface area contributed by atoms with Crippen molar-refractivity contribution in [1.82, 2.24) is 4.90 Å². The summed E-state index contributed by atoms with van der Waals surface area (Å²) in [6.45, 7) is 0.229. The molecule has 0 aliphatic carbocycles. The summed E-state index contributed by atoms with van der Waals surface area (Å²) in [5.74, 6) is -1.66. The van der Waals surface area contributed by atoms with Gasteiger partial charge in [-0.05, 0) is 0 Å². The molecule has 1 saturated heterocycles. The third kappa shape index (κ3) is 0.756. The van der Waals surface area contributed by atoms with E-state index in [0.29, 0.717) is 0 Å². The van der Waals surface area contributed by atoms with E-state index in [-0.39, 0.29) is 6.54 Å². The van der Waals surface area contributed by atoms with Gasteiger partial charge in [0.15, 0.2) is 6.29 Å². The maximum Gasteiger partial charge on any atom is 0.242 e. The summed E-state index contributed by atoms with van der Waals surface area (Å²) in [6.07, 6.45) is 2.67. The fourth-order valence-electron chi connectivity index (χ4n) is 0.890. The minimum Gasteiger partial charge on any atom is -0.352 e. The third-order valence-corrected chi connectivity index (χ3v) is 1.52. The van der Waals surface area contributed by atoms with Crippen LogP contribution in [0.2, 0.25) is 0 Å². The molecule has 0 bridgehead atoms. The lowest BCUT2D eigenvalue weighted by atomic mass is 10.8. The summed E-state index contributed by atoms with van der Waals surface area (Å²) in [4.78, 5) is 9.07. The average Bonchev–Trinajstić information content (AvgIpc) is 2.31. The molecule has 0 amide bonds. The Bertz CT molecular complexity index is 199. The number of aliphatic imine (C=N–C) groups is 2. The van der Waals surface area contributed by atoms with E-state index in [1.165, 1.54) is 4.90 Å². The van der Waals surface area contributed by atoms with Gasteiger partial charge < -0.3 is 10.2 Å². The monoisotopic (exact) mass is 141 g/mol. The third-order valence-electron chi connectivity index (χ3n) is 1.52. The molecular weight excluding hydrogens is 134 g/mol. The first-order chi connectivity index (χ1) is 4.70. The van der Waals surface area contributed by atoms with E-state index in [1.807, 2.05) is 0 Å². The van der Waals surface area contributed by atoms with Crippen molar-refractivity contribution in [2.75, 3.05) is 6.54 Å². The standard InChI is InChI=1S/C5H7N3O2/c9-5(10)3-8(5)4-6-1-2-7-4/h1-2,4,9-10H,3H2. The highest BCUT2D eigenvalue weighted by Crippen LogP contribution is 2.30. The highest BCUT2D eigenvalue weighted by molar-refractivity contribution is 6.17. The molecule has 2 rings (SSSR count). The minimum absolute atomic E-state index is 0.229. The van der Waals surface area contributed by atoms with Crippen LogP contribution in [0.5, 0.6) is 0 Å². The van der Waals surface area contributed by atoms with Crippen molar-refractivity contribution in [1.29, 1.82) is 0 Å². The molecule has 10 heavy (non-hydrogen) atoms. The maximum absolute atomic E-state index is 8.89. The molecular formula is C5H7N3O2. The molecule has 54 valence electrons. The van der Waals surface area contributed by atoms with E-state index in [9.17, 15) is 0 Å². The van der Waals surface area contributed by atoms with Crippen LogP contribution in [0.3, 0.4) is 0 Å². The summed E-state index contributed by atoms with van der Waals surface area (Å²) < 4.78 is 0. The highest BCUT2D eigenvalue weighted by Gasteiger charge is 2.53. The molecule has 2 aliphatic heterocycles. The molecule has 1 atom stereocenters. The second-order valence-electron chi connectivity index (χ2n) is 2.34. The molecule has 5 heteroatoms. The number of rotatable bonds is 1. The summed E-state index contributed by atoms with van der Waals surface area (Å²) in [5, 5.41) is 17.8. The van der Waals surface area contributed by atoms with Crippen molar-refractivity contribution < 1.29 is 10.2 Å². The molecule has 2 N–H and O–H groups in total. The van der Waals surface area contributed by atoms with Gasteiger partial charge in [0.2, 0.25) is 5.91 Å². The lowest BCUT2D eigenvalue weighted by molar-refractivity contribution is -0.117. The van der Waals surface area contributed by atoms with Gasteiger partial charge in [0, 0.05) is 12.4 Å². The van der Waals surface area contributed by atoms with Gasteiger partial charge in [0.25, 0.3) is 0 Å². The van der Waals surface area contributed by atoms with Crippen LogP contribution >= 0.6 is 0 Å². The minimum atomic E-state index is -1.66. The van der Waals surface area contributed by atoms with Crippen LogP contribution < -0.4 is 0 Å². The first kappa shape index (κ1) is 5.96. The number of hydrogen-bond donors (Lipinski definition) is 2. The predicted molar refractivity (Wildman–Crippen MR) is 34.6 cm³/mol. The number of aliphatic hydroxyl groups is 2. The molecule has 2 heterocycles. The van der Waals surface area contributed by atoms with Crippen LogP contribution in [0.1, 0.15) is 0 Å². The summed E-state index contributed by atoms with van der Waals surface area (Å²) in [7, 11) is 0. The van der Waals surface area contributed by atoms with Gasteiger partial charge in [0.1, 0.15) is 0 Å². The van der Waals surface area contributed by atoms with Gasteiger partial charge in [-0.1, -0.05) is 0 Å². The van der Waals surface area contributed by atoms with Crippen molar-refractivity contribution in [3.05, 3.63) is 0 Å². The fourth-order valence-corrected chi connectivity index (χ4v) is 0.890. The second kappa shape index (κ2) is 1.63. The van der Waals surface area contributed by atoms with Crippen LogP contribution in [0.25, 0.3) is 0 Å². The Morgan fingerprint density at radius 3 is 2.30 bits per heavy atom. The zero-order chi connectivity index (χ0) is 7.19. The van der Waals surface area contributed by atoms with Crippen LogP contribution in [0.15, 0.2) is 9.98 Å². The van der Waals surface area contributed by atoms with E-state index >= 15 is 0 Å². The smallest absolute Gasteiger partial charge is 0.242 e. The maximum atomic E-state index is 8.89. The van der Waals surface area contributed by atoms with Gasteiger partial charge in [-0.3, -0.25) is 0 Å². The van der Waals surface area contributed by atoms with Crippen molar-refractivity contribution >= 4 is 12.4 Å². The molecule has 0 aromatic carbocycles. The molecule has 0 saturated carbocycles. The van der Waals surface area contributed by atoms with E-state index in [0.717, 1.165) is 0 Å². The molecule has 0 radical (unpaired) electrons. The molecule has 0 spiro atoms. The number of hydrogen-bond acceptors (Lipinski definition) is 5. The van der Waals surface area contributed by atoms with Crippen LogP contribution in [-0.4, -0.2) is 46.3 Å². The Kier molecular flexibility index (Phi) is 0.971. The van der Waals surface area contributed by atoms with Crippen molar-refractivity contribution in [2.24, 2.45) is 9.98 Å². The molecule has 0 aromatic heterocycles. The van der Waals surface area contributed by atoms with Gasteiger partial charge in [-0.2, -0.15) is 0 Å². The molecule has 0 aromatic rings. The topological polar surface area (TPSA) is 68.2 Å². The summed E-state index contributed by atoms with van der Waals surface area (Å²) in [5.41, 5.74) is 0. The molecule has 5 nitrogen and oxygen atoms in total. The zero-order valence-corrected chi connectivity index (χ0v) is 5.18. The number of nitrogens with zero attached hydrogens (tertiary/aromatic N) is 3. The van der Waals surface area contributed by atoms with Crippen LogP contribution in [0, 0.1) is 0 Å². The van der Waals surface area contributed by atoms with Crippen molar-refractivity contribution in [3.63, 3.8) is 0 Å². The Balaban J connectivity index is 2.04. The average molecular weight is 141 g/mol. The first-order valence-electron chi connectivity index (χ1n) is 2.96. The van der Waals surface area contributed by atoms with Crippen LogP contribution in [0.4, 0.5) is 0 Å². The Morgan fingerprint density at radius 2 is 1.90 bits per heavy atom. The molecule has 2 aliphatic rings. The Labute approximate surface area is 57.3 Å². The van der Waals surface area contributed by atoms with E-state index < -0.39 is 12.2 Å². The second-order valence-corrected chi connectivity index (χ2v) is 2.34. The van der Waals surface area contributed by atoms with Crippen molar-refractivity contribution in [3.8, 4) is 0 Å². The first-order valence-corrected chi connectivity index (χ1v) is 2.96. The SMILES string of the molecule is OC1(O)CN1C1N=CC=N1. The number of β-amino-alcohol motifs (C(OH)–C–C–N with tert-alkyl or cyclic N) is 2. The molecule has 1 unspecified atom stereocenters. The predicted octanol–water partition coefficient (Wildman–Crippen LogP) is -1.62. The zero-order valence-electron chi connectivity index (χ0n) is 5.18. The quantitative estimate of drug-likeness (QED) is 0.340. The summed E-state index contributed by atoms with van der Waals surface area (Å²) >= 11 is 0. The van der Waals surface area contributed by atoms with Gasteiger partial charge in [-0.25, -0.2) is 14.9 Å².